The van der Waals surface area contributed by atoms with Gasteiger partial charge in [-0.2, -0.15) is 0 Å². The summed E-state index contributed by atoms with van der Waals surface area (Å²) < 4.78 is 4.15. The van der Waals surface area contributed by atoms with Crippen LogP contribution in [0.25, 0.3) is 0 Å². The topological polar surface area (TPSA) is 39.2 Å². The Labute approximate surface area is 132 Å². The molecule has 1 saturated carbocycles. The molecule has 1 heterocycles. The average Bonchev–Trinajstić information content (AvgIpc) is 3.32. The molecule has 114 valence electrons. The molecule has 0 spiro atoms. The summed E-state index contributed by atoms with van der Waals surface area (Å²) >= 11 is 5.75. The van der Waals surface area contributed by atoms with Crippen LogP contribution in [0.5, 0.6) is 0 Å². The van der Waals surface area contributed by atoms with Crippen LogP contribution in [0.2, 0.25) is 5.02 Å². The molecule has 1 fully saturated rings. The van der Waals surface area contributed by atoms with Crippen LogP contribution in [0.4, 0.5) is 0 Å². The Bertz CT molecular complexity index is 444. The lowest BCUT2D eigenvalue weighted by molar-refractivity contribution is -0.128. The predicted octanol–water partition coefficient (Wildman–Crippen LogP) is 4.71. The second-order valence-corrected chi connectivity index (χ2v) is 4.56. The Morgan fingerprint density at radius 1 is 1.33 bits per heavy atom. The van der Waals surface area contributed by atoms with Crippen LogP contribution < -0.4 is 0 Å². The van der Waals surface area contributed by atoms with Gasteiger partial charge < -0.3 is 4.74 Å². The number of carbonyl (C=O) groups is 1. The molecule has 1 aromatic heterocycles. The fraction of sp³-hybridized carbons (Fsp3) is 0.294. The van der Waals surface area contributed by atoms with E-state index in [1.54, 1.807) is 25.3 Å². The molecule has 0 radical (unpaired) electrons. The van der Waals surface area contributed by atoms with Gasteiger partial charge >= 0.3 is 0 Å². The largest absolute Gasteiger partial charge is 0.468 e. The highest BCUT2D eigenvalue weighted by Crippen LogP contribution is 2.40. The third-order valence-electron chi connectivity index (χ3n) is 2.39. The van der Waals surface area contributed by atoms with Crippen LogP contribution in [-0.2, 0) is 9.53 Å². The summed E-state index contributed by atoms with van der Waals surface area (Å²) in [7, 11) is 0. The summed E-state index contributed by atoms with van der Waals surface area (Å²) in [5.74, 6) is 0.756. The summed E-state index contributed by atoms with van der Waals surface area (Å²) in [5.41, 5.74) is 1.30. The average molecular weight is 308 g/mol. The summed E-state index contributed by atoms with van der Waals surface area (Å²) in [6, 6.07) is 2.01. The van der Waals surface area contributed by atoms with Gasteiger partial charge in [-0.15, -0.1) is 0 Å². The monoisotopic (exact) mass is 307 g/mol. The maximum absolute atomic E-state index is 9.18. The molecule has 3 nitrogen and oxygen atoms in total. The molecule has 1 aliphatic carbocycles. The minimum atomic E-state index is 0.431. The number of carbonyl (C=O) groups excluding carboxylic acids is 1. The van der Waals surface area contributed by atoms with Crippen molar-refractivity contribution in [2.75, 3.05) is 6.61 Å². The molecule has 2 rings (SSSR count). The van der Waals surface area contributed by atoms with Crippen molar-refractivity contribution in [3.63, 3.8) is 0 Å². The SMILES string of the molecule is C=C/C=C\C=C.CCOC=O.Clc1cncc(C2CC2)c1. The van der Waals surface area contributed by atoms with E-state index in [-0.39, 0.29) is 0 Å². The van der Waals surface area contributed by atoms with Gasteiger partial charge in [0.05, 0.1) is 11.6 Å². The Balaban J connectivity index is 0.000000317. The van der Waals surface area contributed by atoms with E-state index in [4.69, 9.17) is 11.6 Å². The van der Waals surface area contributed by atoms with Crippen molar-refractivity contribution >= 4 is 18.1 Å². The van der Waals surface area contributed by atoms with Gasteiger partial charge in [0.25, 0.3) is 6.47 Å². The van der Waals surface area contributed by atoms with Crippen LogP contribution >= 0.6 is 11.6 Å². The van der Waals surface area contributed by atoms with E-state index >= 15 is 0 Å². The van der Waals surface area contributed by atoms with E-state index in [2.05, 4.69) is 22.9 Å². The van der Waals surface area contributed by atoms with Gasteiger partial charge in [-0.1, -0.05) is 49.1 Å². The molecular formula is C17H22ClNO2. The van der Waals surface area contributed by atoms with Crippen molar-refractivity contribution < 1.29 is 9.53 Å². The van der Waals surface area contributed by atoms with Crippen molar-refractivity contribution in [1.82, 2.24) is 4.98 Å². The van der Waals surface area contributed by atoms with Crippen molar-refractivity contribution in [2.45, 2.75) is 25.7 Å². The third kappa shape index (κ3) is 11.6. The summed E-state index contributed by atoms with van der Waals surface area (Å²) in [5, 5.41) is 0.754. The fourth-order valence-corrected chi connectivity index (χ4v) is 1.48. The standard InChI is InChI=1S/C8H8ClN.C6H8.C3H6O2/c9-8-3-7(4-10-5-8)6-1-2-6;1-3-5-6-4-2;1-2-5-3-4/h3-6H,1-2H2;3-6H,1-2H2;3H,2H2,1H3/b;6-5-;. The number of nitrogens with zero attached hydrogens (tertiary/aromatic N) is 1. The highest BCUT2D eigenvalue weighted by atomic mass is 35.5. The maximum atomic E-state index is 9.18. The number of halogens is 1. The van der Waals surface area contributed by atoms with Crippen molar-refractivity contribution in [3.8, 4) is 0 Å². The minimum Gasteiger partial charge on any atom is -0.468 e. The van der Waals surface area contributed by atoms with Gasteiger partial charge in [-0.25, -0.2) is 0 Å². The molecule has 0 N–H and O–H groups in total. The van der Waals surface area contributed by atoms with Gasteiger partial charge in [0.15, 0.2) is 0 Å². The molecule has 0 bridgehead atoms. The van der Waals surface area contributed by atoms with Crippen LogP contribution in [0.15, 0.2) is 55.9 Å². The Kier molecular flexibility index (Phi) is 12.0. The van der Waals surface area contributed by atoms with Gasteiger partial charge in [-0.3, -0.25) is 9.78 Å². The molecule has 0 aromatic carbocycles. The molecule has 21 heavy (non-hydrogen) atoms. The van der Waals surface area contributed by atoms with Gasteiger partial charge in [0, 0.05) is 12.4 Å². The second kappa shape index (κ2) is 13.1. The van der Waals surface area contributed by atoms with Gasteiger partial charge in [0.2, 0.25) is 0 Å². The Morgan fingerprint density at radius 2 is 1.95 bits per heavy atom. The predicted molar refractivity (Wildman–Crippen MR) is 88.4 cm³/mol. The Hall–Kier alpha value is -1.87. The van der Waals surface area contributed by atoms with E-state index < -0.39 is 0 Å². The van der Waals surface area contributed by atoms with Crippen molar-refractivity contribution in [2.24, 2.45) is 0 Å². The zero-order valence-electron chi connectivity index (χ0n) is 12.4. The number of aromatic nitrogens is 1. The molecule has 0 atom stereocenters. The van der Waals surface area contributed by atoms with Crippen LogP contribution in [0, 0.1) is 0 Å². The zero-order chi connectivity index (χ0) is 15.9. The van der Waals surface area contributed by atoms with Gasteiger partial charge in [-0.05, 0) is 37.3 Å². The summed E-state index contributed by atoms with van der Waals surface area (Å²) in [6.07, 6.45) is 13.3. The highest BCUT2D eigenvalue weighted by Gasteiger charge is 2.23. The molecule has 0 amide bonds. The van der Waals surface area contributed by atoms with Crippen LogP contribution in [0.3, 0.4) is 0 Å². The quantitative estimate of drug-likeness (QED) is 0.584. The van der Waals surface area contributed by atoms with Gasteiger partial charge in [0.1, 0.15) is 0 Å². The first-order valence-electron chi connectivity index (χ1n) is 6.75. The molecule has 0 aliphatic heterocycles. The lowest BCUT2D eigenvalue weighted by Gasteiger charge is -1.94. The number of rotatable bonds is 5. The first-order chi connectivity index (χ1) is 10.2. The number of ether oxygens (including phenoxy) is 1. The molecule has 1 aliphatic rings. The van der Waals surface area contributed by atoms with Crippen molar-refractivity contribution in [1.29, 1.82) is 0 Å². The molecule has 1 aromatic rings. The van der Waals surface area contributed by atoms with Crippen molar-refractivity contribution in [3.05, 3.63) is 66.5 Å². The van der Waals surface area contributed by atoms with E-state index in [1.807, 2.05) is 24.4 Å². The summed E-state index contributed by atoms with van der Waals surface area (Å²) in [6.45, 7) is 9.59. The summed E-state index contributed by atoms with van der Waals surface area (Å²) in [4.78, 5) is 13.2. The van der Waals surface area contributed by atoms with Crippen LogP contribution in [-0.4, -0.2) is 18.1 Å². The molecule has 0 unspecified atom stereocenters. The number of hydrogen-bond donors (Lipinski definition) is 0. The Morgan fingerprint density at radius 3 is 2.29 bits per heavy atom. The van der Waals surface area contributed by atoms with E-state index in [9.17, 15) is 4.79 Å². The smallest absolute Gasteiger partial charge is 0.293 e. The third-order valence-corrected chi connectivity index (χ3v) is 2.60. The molecule has 4 heteroatoms. The van der Waals surface area contributed by atoms with E-state index in [0.29, 0.717) is 13.1 Å². The minimum absolute atomic E-state index is 0.431. The van der Waals surface area contributed by atoms with E-state index in [1.165, 1.54) is 18.4 Å². The zero-order valence-corrected chi connectivity index (χ0v) is 13.1. The lowest BCUT2D eigenvalue weighted by atomic mass is 10.2. The number of allylic oxidation sites excluding steroid dienone is 4. The maximum Gasteiger partial charge on any atom is 0.293 e. The molecule has 0 saturated heterocycles. The van der Waals surface area contributed by atoms with E-state index in [0.717, 1.165) is 10.9 Å². The number of hydrogen-bond acceptors (Lipinski definition) is 3. The highest BCUT2D eigenvalue weighted by molar-refractivity contribution is 6.30. The second-order valence-electron chi connectivity index (χ2n) is 4.12. The normalized spacial score (nSPS) is 12.3. The van der Waals surface area contributed by atoms with Crippen LogP contribution in [0.1, 0.15) is 31.2 Å². The molecular weight excluding hydrogens is 286 g/mol. The fourth-order valence-electron chi connectivity index (χ4n) is 1.29. The lowest BCUT2D eigenvalue weighted by Crippen LogP contribution is -1.80. The first kappa shape index (κ1) is 19.1. The number of pyridine rings is 1. The first-order valence-corrected chi connectivity index (χ1v) is 7.13.